The Labute approximate surface area is 182 Å². The molecule has 0 aromatic heterocycles. The minimum atomic E-state index is -0.0112. The highest BCUT2D eigenvalue weighted by Crippen LogP contribution is 2.46. The molecular formula is C29H36N+. The van der Waals surface area contributed by atoms with Crippen molar-refractivity contribution in [3.05, 3.63) is 77.4 Å². The Morgan fingerprint density at radius 1 is 0.733 bits per heavy atom. The van der Waals surface area contributed by atoms with Crippen LogP contribution < -0.4 is 0 Å². The monoisotopic (exact) mass is 398 g/mol. The molecule has 156 valence electrons. The Bertz CT molecular complexity index is 1080. The zero-order valence-corrected chi connectivity index (χ0v) is 19.7. The third kappa shape index (κ3) is 3.39. The van der Waals surface area contributed by atoms with Gasteiger partial charge >= 0.3 is 0 Å². The van der Waals surface area contributed by atoms with Crippen molar-refractivity contribution in [2.75, 3.05) is 0 Å². The van der Waals surface area contributed by atoms with Gasteiger partial charge in [-0.25, -0.2) is 0 Å². The third-order valence-electron chi connectivity index (χ3n) is 6.85. The standard InChI is InChI=1S/C29H36N/c1-20(2)23-15-11-16-24(21(3)4)27(23)30-19-29(7,18-28(30,5)6)26-17-10-13-22-12-8-9-14-25(22)26/h8-17,19-21H,18H2,1-7H3/q+1. The van der Waals surface area contributed by atoms with Gasteiger partial charge in [0.15, 0.2) is 11.8 Å². The molecule has 1 aliphatic heterocycles. The van der Waals surface area contributed by atoms with Gasteiger partial charge in [-0.1, -0.05) is 88.4 Å². The van der Waals surface area contributed by atoms with Crippen LogP contribution in [0.25, 0.3) is 10.8 Å². The fraction of sp³-hybridized carbons (Fsp3) is 0.414. The van der Waals surface area contributed by atoms with Crippen LogP contribution in [0, 0.1) is 0 Å². The average Bonchev–Trinajstić information content (AvgIpc) is 2.96. The van der Waals surface area contributed by atoms with Gasteiger partial charge < -0.3 is 0 Å². The van der Waals surface area contributed by atoms with E-state index >= 15 is 0 Å². The van der Waals surface area contributed by atoms with E-state index in [4.69, 9.17) is 0 Å². The lowest BCUT2D eigenvalue weighted by Crippen LogP contribution is -2.31. The molecule has 0 spiro atoms. The zero-order valence-electron chi connectivity index (χ0n) is 19.7. The molecule has 0 saturated heterocycles. The van der Waals surface area contributed by atoms with Crippen LogP contribution in [-0.2, 0) is 5.41 Å². The molecule has 0 amide bonds. The van der Waals surface area contributed by atoms with Crippen LogP contribution in [0.15, 0.2) is 60.7 Å². The molecule has 0 bridgehead atoms. The largest absolute Gasteiger partial charge is 0.212 e. The summed E-state index contributed by atoms with van der Waals surface area (Å²) in [6.45, 7) is 16.5. The lowest BCUT2D eigenvalue weighted by atomic mass is 9.75. The molecule has 1 nitrogen and oxygen atoms in total. The molecule has 0 radical (unpaired) electrons. The highest BCUT2D eigenvalue weighted by atomic mass is 15.1. The summed E-state index contributed by atoms with van der Waals surface area (Å²) in [5, 5.41) is 2.70. The number of nitrogens with zero attached hydrogens (tertiary/aromatic N) is 1. The van der Waals surface area contributed by atoms with E-state index < -0.39 is 0 Å². The fourth-order valence-corrected chi connectivity index (χ4v) is 5.53. The Morgan fingerprint density at radius 2 is 1.30 bits per heavy atom. The second kappa shape index (κ2) is 7.38. The predicted molar refractivity (Wildman–Crippen MR) is 131 cm³/mol. The second-order valence-electron chi connectivity index (χ2n) is 10.5. The highest BCUT2D eigenvalue weighted by molar-refractivity contribution is 5.90. The SMILES string of the molecule is CC(C)c1cccc(C(C)C)c1[N+]1=CC(C)(c2cccc3ccccc23)CC1(C)C. The molecule has 30 heavy (non-hydrogen) atoms. The predicted octanol–water partition coefficient (Wildman–Crippen LogP) is 7.94. The van der Waals surface area contributed by atoms with Gasteiger partial charge in [-0.05, 0) is 35.1 Å². The molecular weight excluding hydrogens is 362 g/mol. The van der Waals surface area contributed by atoms with Gasteiger partial charge in [-0.2, -0.15) is 4.58 Å². The summed E-state index contributed by atoms with van der Waals surface area (Å²) in [4.78, 5) is 0. The molecule has 3 aromatic carbocycles. The van der Waals surface area contributed by atoms with Crippen LogP contribution in [0.3, 0.4) is 0 Å². The van der Waals surface area contributed by atoms with E-state index in [1.54, 1.807) is 0 Å². The topological polar surface area (TPSA) is 3.01 Å². The zero-order chi connectivity index (χ0) is 21.7. The summed E-state index contributed by atoms with van der Waals surface area (Å²) in [5.41, 5.74) is 5.80. The molecule has 3 aromatic rings. The molecule has 0 saturated carbocycles. The lowest BCUT2D eigenvalue weighted by molar-refractivity contribution is -0.513. The molecule has 0 N–H and O–H groups in total. The van der Waals surface area contributed by atoms with Crippen LogP contribution >= 0.6 is 0 Å². The molecule has 4 rings (SSSR count). The smallest absolute Gasteiger partial charge is 0.196 e. The first-order valence-electron chi connectivity index (χ1n) is 11.4. The quantitative estimate of drug-likeness (QED) is 0.392. The van der Waals surface area contributed by atoms with Crippen molar-refractivity contribution in [1.29, 1.82) is 0 Å². The molecule has 0 aliphatic carbocycles. The number of hydrogen-bond acceptors (Lipinski definition) is 0. The maximum atomic E-state index is 2.61. The van der Waals surface area contributed by atoms with Crippen molar-refractivity contribution in [2.45, 2.75) is 77.7 Å². The van der Waals surface area contributed by atoms with E-state index in [1.165, 1.54) is 33.2 Å². The summed E-state index contributed by atoms with van der Waals surface area (Å²) >= 11 is 0. The number of para-hydroxylation sites is 1. The maximum absolute atomic E-state index is 2.61. The maximum Gasteiger partial charge on any atom is 0.212 e. The Morgan fingerprint density at radius 3 is 1.93 bits per heavy atom. The van der Waals surface area contributed by atoms with E-state index in [-0.39, 0.29) is 11.0 Å². The van der Waals surface area contributed by atoms with Crippen LogP contribution in [-0.4, -0.2) is 16.3 Å². The van der Waals surface area contributed by atoms with Gasteiger partial charge in [0.1, 0.15) is 0 Å². The number of benzene rings is 3. The first-order valence-corrected chi connectivity index (χ1v) is 11.4. The Balaban J connectivity index is 1.97. The van der Waals surface area contributed by atoms with Crippen molar-refractivity contribution in [1.82, 2.24) is 0 Å². The number of hydrogen-bond donors (Lipinski definition) is 0. The number of rotatable bonds is 4. The normalized spacial score (nSPS) is 20.9. The molecule has 1 atom stereocenters. The average molecular weight is 399 g/mol. The third-order valence-corrected chi connectivity index (χ3v) is 6.85. The van der Waals surface area contributed by atoms with E-state index in [9.17, 15) is 0 Å². The van der Waals surface area contributed by atoms with E-state index in [2.05, 4.69) is 120 Å². The first kappa shape index (κ1) is 20.8. The van der Waals surface area contributed by atoms with Crippen molar-refractivity contribution in [3.8, 4) is 0 Å². The Hall–Kier alpha value is -2.41. The lowest BCUT2D eigenvalue weighted by Gasteiger charge is -2.25. The van der Waals surface area contributed by atoms with Crippen molar-refractivity contribution >= 4 is 22.7 Å². The van der Waals surface area contributed by atoms with Crippen LogP contribution in [0.5, 0.6) is 0 Å². The second-order valence-corrected chi connectivity index (χ2v) is 10.5. The van der Waals surface area contributed by atoms with Gasteiger partial charge in [-0.15, -0.1) is 0 Å². The van der Waals surface area contributed by atoms with E-state index in [1.807, 2.05) is 0 Å². The van der Waals surface area contributed by atoms with Crippen molar-refractivity contribution in [2.24, 2.45) is 0 Å². The Kier molecular flexibility index (Phi) is 5.12. The molecule has 1 heterocycles. The molecule has 1 heteroatoms. The van der Waals surface area contributed by atoms with Gasteiger partial charge in [0.05, 0.1) is 5.41 Å². The molecule has 1 aliphatic rings. The van der Waals surface area contributed by atoms with Gasteiger partial charge in [0.25, 0.3) is 0 Å². The summed E-state index contributed by atoms with van der Waals surface area (Å²) in [7, 11) is 0. The fourth-order valence-electron chi connectivity index (χ4n) is 5.53. The summed E-state index contributed by atoms with van der Waals surface area (Å²) < 4.78 is 2.61. The summed E-state index contributed by atoms with van der Waals surface area (Å²) in [6.07, 6.45) is 3.62. The minimum absolute atomic E-state index is 0.0112. The van der Waals surface area contributed by atoms with E-state index in [0.717, 1.165) is 6.42 Å². The van der Waals surface area contributed by atoms with Gasteiger partial charge in [0.2, 0.25) is 5.69 Å². The summed E-state index contributed by atoms with van der Waals surface area (Å²) in [5.74, 6) is 0.986. The molecule has 0 fully saturated rings. The first-order chi connectivity index (χ1) is 14.1. The number of fused-ring (bicyclic) bond motifs is 1. The van der Waals surface area contributed by atoms with E-state index in [0.29, 0.717) is 11.8 Å². The van der Waals surface area contributed by atoms with Crippen LogP contribution in [0.4, 0.5) is 5.69 Å². The van der Waals surface area contributed by atoms with Gasteiger partial charge in [0, 0.05) is 31.4 Å². The highest BCUT2D eigenvalue weighted by Gasteiger charge is 2.51. The van der Waals surface area contributed by atoms with Crippen LogP contribution in [0.1, 0.15) is 83.4 Å². The van der Waals surface area contributed by atoms with Crippen molar-refractivity contribution in [3.63, 3.8) is 0 Å². The molecule has 1 unspecified atom stereocenters. The van der Waals surface area contributed by atoms with Crippen molar-refractivity contribution < 1.29 is 4.58 Å². The summed E-state index contributed by atoms with van der Waals surface area (Å²) in [6, 6.07) is 22.5. The van der Waals surface area contributed by atoms with Gasteiger partial charge in [-0.3, -0.25) is 0 Å². The van der Waals surface area contributed by atoms with Crippen LogP contribution in [0.2, 0.25) is 0 Å². The minimum Gasteiger partial charge on any atom is -0.196 e.